The van der Waals surface area contributed by atoms with Gasteiger partial charge in [0.05, 0.1) is 11.5 Å². The van der Waals surface area contributed by atoms with Crippen molar-refractivity contribution in [3.8, 4) is 6.07 Å². The van der Waals surface area contributed by atoms with Crippen LogP contribution < -0.4 is 0 Å². The van der Waals surface area contributed by atoms with Gasteiger partial charge in [-0.2, -0.15) is 5.26 Å². The van der Waals surface area contributed by atoms with Gasteiger partial charge in [-0.25, -0.2) is 9.37 Å². The number of nitriles is 1. The normalized spacial score (nSPS) is 22.0. The van der Waals surface area contributed by atoms with E-state index in [-0.39, 0.29) is 35.4 Å². The SMILES string of the molecule is N#C/C(=C\c1nccs1)C(=O)CCC1C[C@@H](C(=O)O)[C@H](c2ccc(F)cc2)C1. The highest BCUT2D eigenvalue weighted by molar-refractivity contribution is 7.10. The van der Waals surface area contributed by atoms with Gasteiger partial charge >= 0.3 is 5.97 Å². The second kappa shape index (κ2) is 8.89. The maximum Gasteiger partial charge on any atom is 0.307 e. The van der Waals surface area contributed by atoms with E-state index in [1.807, 2.05) is 6.07 Å². The monoisotopic (exact) mass is 398 g/mol. The maximum absolute atomic E-state index is 13.2. The summed E-state index contributed by atoms with van der Waals surface area (Å²) in [5.74, 6) is -2.16. The van der Waals surface area contributed by atoms with Gasteiger partial charge in [-0.1, -0.05) is 12.1 Å². The Bertz CT molecular complexity index is 916. The van der Waals surface area contributed by atoms with Crippen molar-refractivity contribution in [2.45, 2.75) is 31.6 Å². The molecule has 1 N–H and O–H groups in total. The summed E-state index contributed by atoms with van der Waals surface area (Å²) in [5, 5.41) is 21.2. The van der Waals surface area contributed by atoms with Crippen LogP contribution >= 0.6 is 11.3 Å². The van der Waals surface area contributed by atoms with Crippen molar-refractivity contribution in [3.63, 3.8) is 0 Å². The third-order valence-corrected chi connectivity index (χ3v) is 5.92. The topological polar surface area (TPSA) is 91.0 Å². The first-order valence-electron chi connectivity index (χ1n) is 9.00. The first kappa shape index (κ1) is 19.9. The molecule has 5 nitrogen and oxygen atoms in total. The molecule has 1 aliphatic rings. The minimum Gasteiger partial charge on any atom is -0.481 e. The number of ketones is 1. The van der Waals surface area contributed by atoms with Gasteiger partial charge in [-0.05, 0) is 54.9 Å². The van der Waals surface area contributed by atoms with Gasteiger partial charge in [-0.3, -0.25) is 9.59 Å². The number of thiazole rings is 1. The van der Waals surface area contributed by atoms with E-state index in [2.05, 4.69) is 4.98 Å². The summed E-state index contributed by atoms with van der Waals surface area (Å²) in [6.45, 7) is 0. The molecule has 0 bridgehead atoms. The Morgan fingerprint density at radius 1 is 1.32 bits per heavy atom. The number of allylic oxidation sites excluding steroid dienone is 1. The molecule has 28 heavy (non-hydrogen) atoms. The highest BCUT2D eigenvalue weighted by atomic mass is 32.1. The van der Waals surface area contributed by atoms with Crippen molar-refractivity contribution in [2.24, 2.45) is 11.8 Å². The van der Waals surface area contributed by atoms with Gasteiger partial charge in [0.1, 0.15) is 16.9 Å². The number of nitrogens with zero attached hydrogens (tertiary/aromatic N) is 2. The molecule has 1 fully saturated rings. The molecule has 2 aromatic rings. The van der Waals surface area contributed by atoms with Gasteiger partial charge in [0.2, 0.25) is 0 Å². The van der Waals surface area contributed by atoms with Crippen LogP contribution in [0.1, 0.15) is 42.2 Å². The van der Waals surface area contributed by atoms with Crippen LogP contribution in [0.3, 0.4) is 0 Å². The van der Waals surface area contributed by atoms with Crippen LogP contribution in [0.15, 0.2) is 41.4 Å². The number of carboxylic acid groups (broad SMARTS) is 1. The van der Waals surface area contributed by atoms with Crippen LogP contribution in [-0.4, -0.2) is 21.8 Å². The lowest BCUT2D eigenvalue weighted by Gasteiger charge is -2.15. The Labute approximate surface area is 166 Å². The summed E-state index contributed by atoms with van der Waals surface area (Å²) >= 11 is 1.35. The minimum atomic E-state index is -0.871. The maximum atomic E-state index is 13.2. The second-order valence-electron chi connectivity index (χ2n) is 6.94. The molecule has 1 aromatic carbocycles. The quantitative estimate of drug-likeness (QED) is 0.550. The van der Waals surface area contributed by atoms with E-state index in [0.29, 0.717) is 24.3 Å². The molecular formula is C21H19FN2O3S. The zero-order valence-corrected chi connectivity index (χ0v) is 15.9. The number of carbonyl (C=O) groups excluding carboxylic acids is 1. The number of aliphatic carboxylic acids is 1. The molecule has 7 heteroatoms. The van der Waals surface area contributed by atoms with Crippen molar-refractivity contribution in [1.29, 1.82) is 5.26 Å². The van der Waals surface area contributed by atoms with Crippen molar-refractivity contribution in [3.05, 3.63) is 57.8 Å². The average Bonchev–Trinajstić information content (AvgIpc) is 3.34. The molecule has 3 rings (SSSR count). The van der Waals surface area contributed by atoms with Gasteiger partial charge < -0.3 is 5.11 Å². The molecule has 0 saturated heterocycles. The third kappa shape index (κ3) is 4.70. The highest BCUT2D eigenvalue weighted by Crippen LogP contribution is 2.45. The van der Waals surface area contributed by atoms with Crippen LogP contribution in [0.2, 0.25) is 0 Å². The third-order valence-electron chi connectivity index (χ3n) is 5.20. The molecule has 144 valence electrons. The number of rotatable bonds is 7. The summed E-state index contributed by atoms with van der Waals surface area (Å²) in [4.78, 5) is 28.1. The fourth-order valence-electron chi connectivity index (χ4n) is 3.80. The number of hydrogen-bond acceptors (Lipinski definition) is 5. The van der Waals surface area contributed by atoms with E-state index in [4.69, 9.17) is 0 Å². The van der Waals surface area contributed by atoms with E-state index in [9.17, 15) is 24.3 Å². The fraction of sp³-hybridized carbons (Fsp3) is 0.333. The Kier molecular flexibility index (Phi) is 6.32. The predicted molar refractivity (Wildman–Crippen MR) is 103 cm³/mol. The standard InChI is InChI=1S/C21H19FN2O3S/c22-16-4-2-14(3-5-16)17-9-13(10-18(17)21(26)27)1-6-19(25)15(12-23)11-20-24-7-8-28-20/h2-5,7-8,11,13,17-18H,1,6,9-10H2,(H,26,27)/b15-11+/t13?,17-,18+/m0/s1. The zero-order valence-electron chi connectivity index (χ0n) is 15.0. The molecule has 0 radical (unpaired) electrons. The molecule has 1 heterocycles. The van der Waals surface area contributed by atoms with Gasteiger partial charge in [0.25, 0.3) is 0 Å². The molecule has 0 amide bonds. The van der Waals surface area contributed by atoms with Crippen LogP contribution in [0.5, 0.6) is 0 Å². The number of benzene rings is 1. The van der Waals surface area contributed by atoms with Crippen LogP contribution in [-0.2, 0) is 9.59 Å². The predicted octanol–water partition coefficient (Wildman–Crippen LogP) is 4.43. The molecule has 1 aliphatic carbocycles. The summed E-state index contributed by atoms with van der Waals surface area (Å²) in [6, 6.07) is 7.88. The molecule has 1 saturated carbocycles. The molecule has 1 unspecified atom stereocenters. The summed E-state index contributed by atoms with van der Waals surface area (Å²) < 4.78 is 13.2. The van der Waals surface area contributed by atoms with Crippen LogP contribution in [0, 0.1) is 29.0 Å². The smallest absolute Gasteiger partial charge is 0.307 e. The van der Waals surface area contributed by atoms with Crippen molar-refractivity contribution in [2.75, 3.05) is 0 Å². The lowest BCUT2D eigenvalue weighted by molar-refractivity contribution is -0.142. The number of Topliss-reactive ketones (excluding diaryl/α,β-unsaturated/α-hetero) is 1. The zero-order chi connectivity index (χ0) is 20.1. The Hall–Kier alpha value is -2.85. The van der Waals surface area contributed by atoms with Gasteiger partial charge in [0, 0.05) is 18.0 Å². The van der Waals surface area contributed by atoms with E-state index in [1.54, 1.807) is 23.7 Å². The Morgan fingerprint density at radius 3 is 2.68 bits per heavy atom. The highest BCUT2D eigenvalue weighted by Gasteiger charge is 2.39. The van der Waals surface area contributed by atoms with E-state index >= 15 is 0 Å². The van der Waals surface area contributed by atoms with E-state index in [0.717, 1.165) is 5.56 Å². The molecule has 3 atom stereocenters. The largest absolute Gasteiger partial charge is 0.481 e. The van der Waals surface area contributed by atoms with Crippen molar-refractivity contribution in [1.82, 2.24) is 4.98 Å². The van der Waals surface area contributed by atoms with Crippen molar-refractivity contribution >= 4 is 29.2 Å². The van der Waals surface area contributed by atoms with Crippen molar-refractivity contribution < 1.29 is 19.1 Å². The number of carboxylic acids is 1. The number of hydrogen-bond donors (Lipinski definition) is 1. The minimum absolute atomic E-state index is 0.0674. The van der Waals surface area contributed by atoms with E-state index < -0.39 is 11.9 Å². The molecule has 0 spiro atoms. The number of aromatic nitrogens is 1. The summed E-state index contributed by atoms with van der Waals surface area (Å²) in [7, 11) is 0. The second-order valence-corrected chi connectivity index (χ2v) is 7.87. The number of carbonyl (C=O) groups is 2. The fourth-order valence-corrected chi connectivity index (χ4v) is 4.37. The van der Waals surface area contributed by atoms with E-state index in [1.165, 1.54) is 29.5 Å². The summed E-state index contributed by atoms with van der Waals surface area (Å²) in [6.07, 6.45) is 4.92. The Balaban J connectivity index is 1.64. The Morgan fingerprint density at radius 2 is 2.07 bits per heavy atom. The molecular weight excluding hydrogens is 379 g/mol. The van der Waals surface area contributed by atoms with Gasteiger partial charge in [0.15, 0.2) is 5.78 Å². The van der Waals surface area contributed by atoms with Crippen LogP contribution in [0.4, 0.5) is 4.39 Å². The molecule has 0 aliphatic heterocycles. The number of halogens is 1. The first-order valence-corrected chi connectivity index (χ1v) is 9.88. The molecule has 1 aromatic heterocycles. The van der Waals surface area contributed by atoms with Gasteiger partial charge in [-0.15, -0.1) is 11.3 Å². The lowest BCUT2D eigenvalue weighted by Crippen LogP contribution is -2.16. The lowest BCUT2D eigenvalue weighted by atomic mass is 9.89. The first-order chi connectivity index (χ1) is 13.5. The average molecular weight is 398 g/mol. The summed E-state index contributed by atoms with van der Waals surface area (Å²) in [5.41, 5.74) is 0.877. The van der Waals surface area contributed by atoms with Crippen LogP contribution in [0.25, 0.3) is 6.08 Å².